The fourth-order valence-electron chi connectivity index (χ4n) is 3.10. The zero-order chi connectivity index (χ0) is 15.4. The van der Waals surface area contributed by atoms with Crippen LogP contribution in [-0.2, 0) is 6.54 Å². The Labute approximate surface area is 129 Å². The summed E-state index contributed by atoms with van der Waals surface area (Å²) < 4.78 is 2.06. The first-order chi connectivity index (χ1) is 10.0. The lowest BCUT2D eigenvalue weighted by molar-refractivity contribution is 0.0982. The first kappa shape index (κ1) is 16.5. The smallest absolute Gasteiger partial charge is 0.0765 e. The molecule has 2 heterocycles. The van der Waals surface area contributed by atoms with E-state index in [0.29, 0.717) is 24.0 Å². The summed E-state index contributed by atoms with van der Waals surface area (Å²) in [6.45, 7) is 14.5. The molecule has 2 rings (SSSR count). The third-order valence-electron chi connectivity index (χ3n) is 4.55. The van der Waals surface area contributed by atoms with E-state index in [-0.39, 0.29) is 0 Å². The van der Waals surface area contributed by atoms with Gasteiger partial charge >= 0.3 is 0 Å². The van der Waals surface area contributed by atoms with Gasteiger partial charge in [-0.3, -0.25) is 9.58 Å². The second-order valence-electron chi connectivity index (χ2n) is 7.01. The standard InChI is InChI=1S/C17H32N4/c1-6-7-16-10-18-17(13(2)3)12-20(16)11-15-8-9-21(19-15)14(4)5/h8-9,13-14,16-18H,6-7,10-12H2,1-5H3. The van der Waals surface area contributed by atoms with Crippen molar-refractivity contribution < 1.29 is 0 Å². The highest BCUT2D eigenvalue weighted by Gasteiger charge is 2.29. The van der Waals surface area contributed by atoms with Gasteiger partial charge in [0, 0.05) is 44.0 Å². The second-order valence-corrected chi connectivity index (χ2v) is 7.01. The van der Waals surface area contributed by atoms with E-state index in [1.165, 1.54) is 18.5 Å². The van der Waals surface area contributed by atoms with E-state index in [4.69, 9.17) is 5.10 Å². The van der Waals surface area contributed by atoms with Crippen LogP contribution in [0.15, 0.2) is 12.3 Å². The molecule has 0 aromatic carbocycles. The highest BCUT2D eigenvalue weighted by molar-refractivity contribution is 5.01. The topological polar surface area (TPSA) is 33.1 Å². The molecule has 0 saturated carbocycles. The molecule has 2 atom stereocenters. The Morgan fingerprint density at radius 1 is 1.33 bits per heavy atom. The number of rotatable bonds is 6. The van der Waals surface area contributed by atoms with Gasteiger partial charge in [-0.1, -0.05) is 27.2 Å². The van der Waals surface area contributed by atoms with Crippen LogP contribution in [0.4, 0.5) is 0 Å². The van der Waals surface area contributed by atoms with E-state index in [1.54, 1.807) is 0 Å². The summed E-state index contributed by atoms with van der Waals surface area (Å²) in [4.78, 5) is 2.64. The summed E-state index contributed by atoms with van der Waals surface area (Å²) in [5.74, 6) is 0.684. The number of piperazine rings is 1. The molecule has 0 amide bonds. The van der Waals surface area contributed by atoms with Crippen molar-refractivity contribution in [3.05, 3.63) is 18.0 Å². The number of nitrogens with one attached hydrogen (secondary N) is 1. The molecule has 0 spiro atoms. The Morgan fingerprint density at radius 3 is 2.67 bits per heavy atom. The first-order valence-corrected chi connectivity index (χ1v) is 8.52. The van der Waals surface area contributed by atoms with Crippen LogP contribution in [0.5, 0.6) is 0 Å². The molecule has 4 heteroatoms. The number of hydrogen-bond acceptors (Lipinski definition) is 3. The van der Waals surface area contributed by atoms with Crippen LogP contribution < -0.4 is 5.32 Å². The van der Waals surface area contributed by atoms with Gasteiger partial charge in [0.15, 0.2) is 0 Å². The van der Waals surface area contributed by atoms with Crippen molar-refractivity contribution in [1.82, 2.24) is 20.0 Å². The third kappa shape index (κ3) is 4.30. The van der Waals surface area contributed by atoms with Crippen LogP contribution in [0.2, 0.25) is 0 Å². The summed E-state index contributed by atoms with van der Waals surface area (Å²) in [6.07, 6.45) is 4.62. The summed E-state index contributed by atoms with van der Waals surface area (Å²) >= 11 is 0. The highest BCUT2D eigenvalue weighted by atomic mass is 15.3. The van der Waals surface area contributed by atoms with Gasteiger partial charge in [-0.25, -0.2) is 0 Å². The predicted octanol–water partition coefficient (Wildman–Crippen LogP) is 3.06. The van der Waals surface area contributed by atoms with Gasteiger partial charge in [-0.15, -0.1) is 0 Å². The minimum absolute atomic E-state index is 0.441. The molecule has 1 N–H and O–H groups in total. The lowest BCUT2D eigenvalue weighted by Crippen LogP contribution is -2.57. The molecular formula is C17H32N4. The fourth-order valence-corrected chi connectivity index (χ4v) is 3.10. The normalized spacial score (nSPS) is 24.1. The van der Waals surface area contributed by atoms with E-state index in [1.807, 2.05) is 0 Å². The predicted molar refractivity (Wildman–Crippen MR) is 88.3 cm³/mol. The maximum absolute atomic E-state index is 4.72. The average molecular weight is 292 g/mol. The van der Waals surface area contributed by atoms with Crippen LogP contribution >= 0.6 is 0 Å². The molecule has 1 aliphatic heterocycles. The molecule has 1 aliphatic rings. The van der Waals surface area contributed by atoms with Crippen LogP contribution in [0.1, 0.15) is 59.2 Å². The zero-order valence-electron chi connectivity index (χ0n) is 14.3. The molecule has 120 valence electrons. The van der Waals surface area contributed by atoms with Gasteiger partial charge in [0.2, 0.25) is 0 Å². The quantitative estimate of drug-likeness (QED) is 0.875. The first-order valence-electron chi connectivity index (χ1n) is 8.52. The molecular weight excluding hydrogens is 260 g/mol. The summed E-state index contributed by atoms with van der Waals surface area (Å²) in [5, 5.41) is 8.45. The van der Waals surface area contributed by atoms with Crippen molar-refractivity contribution in [2.45, 2.75) is 72.1 Å². The van der Waals surface area contributed by atoms with Gasteiger partial charge in [-0.05, 0) is 32.3 Å². The van der Waals surface area contributed by atoms with Crippen LogP contribution in [-0.4, -0.2) is 39.9 Å². The minimum atomic E-state index is 0.441. The monoisotopic (exact) mass is 292 g/mol. The summed E-state index contributed by atoms with van der Waals surface area (Å²) in [5.41, 5.74) is 1.20. The SMILES string of the molecule is CCCC1CNC(C(C)C)CN1Cc1ccn(C(C)C)n1. The molecule has 1 saturated heterocycles. The molecule has 0 bridgehead atoms. The van der Waals surface area contributed by atoms with Crippen LogP contribution in [0, 0.1) is 5.92 Å². The largest absolute Gasteiger partial charge is 0.311 e. The maximum Gasteiger partial charge on any atom is 0.0765 e. The Balaban J connectivity index is 2.04. The van der Waals surface area contributed by atoms with E-state index in [9.17, 15) is 0 Å². The van der Waals surface area contributed by atoms with E-state index < -0.39 is 0 Å². The molecule has 2 unspecified atom stereocenters. The Bertz CT molecular complexity index is 424. The van der Waals surface area contributed by atoms with Crippen molar-refractivity contribution in [2.75, 3.05) is 13.1 Å². The molecule has 4 nitrogen and oxygen atoms in total. The van der Waals surface area contributed by atoms with E-state index in [2.05, 4.69) is 61.8 Å². The summed E-state index contributed by atoms with van der Waals surface area (Å²) in [7, 11) is 0. The van der Waals surface area contributed by atoms with Gasteiger partial charge in [0.1, 0.15) is 0 Å². The van der Waals surface area contributed by atoms with E-state index in [0.717, 1.165) is 19.6 Å². The Hall–Kier alpha value is -0.870. The molecule has 1 fully saturated rings. The summed E-state index contributed by atoms with van der Waals surface area (Å²) in [6, 6.07) is 3.87. The van der Waals surface area contributed by atoms with E-state index >= 15 is 0 Å². The van der Waals surface area contributed by atoms with Crippen LogP contribution in [0.25, 0.3) is 0 Å². The van der Waals surface area contributed by atoms with Gasteiger partial charge in [-0.2, -0.15) is 5.10 Å². The Morgan fingerprint density at radius 2 is 2.10 bits per heavy atom. The van der Waals surface area contributed by atoms with Gasteiger partial charge in [0.25, 0.3) is 0 Å². The molecule has 0 radical (unpaired) electrons. The molecule has 0 aliphatic carbocycles. The second kappa shape index (κ2) is 7.41. The molecule has 21 heavy (non-hydrogen) atoms. The van der Waals surface area contributed by atoms with Crippen molar-refractivity contribution in [1.29, 1.82) is 0 Å². The average Bonchev–Trinajstić information content (AvgIpc) is 2.89. The van der Waals surface area contributed by atoms with Crippen molar-refractivity contribution in [3.63, 3.8) is 0 Å². The number of nitrogens with zero attached hydrogens (tertiary/aromatic N) is 3. The lowest BCUT2D eigenvalue weighted by atomic mass is 9.97. The fraction of sp³-hybridized carbons (Fsp3) is 0.824. The van der Waals surface area contributed by atoms with Crippen LogP contribution in [0.3, 0.4) is 0 Å². The maximum atomic E-state index is 4.72. The lowest BCUT2D eigenvalue weighted by Gasteiger charge is -2.41. The van der Waals surface area contributed by atoms with Gasteiger partial charge < -0.3 is 5.32 Å². The van der Waals surface area contributed by atoms with Crippen molar-refractivity contribution in [2.24, 2.45) is 5.92 Å². The van der Waals surface area contributed by atoms with Crippen molar-refractivity contribution in [3.8, 4) is 0 Å². The minimum Gasteiger partial charge on any atom is -0.311 e. The zero-order valence-corrected chi connectivity index (χ0v) is 14.3. The third-order valence-corrected chi connectivity index (χ3v) is 4.55. The number of aromatic nitrogens is 2. The Kier molecular flexibility index (Phi) is 5.82. The molecule has 1 aromatic heterocycles. The van der Waals surface area contributed by atoms with Gasteiger partial charge in [0.05, 0.1) is 5.69 Å². The van der Waals surface area contributed by atoms with Crippen molar-refractivity contribution >= 4 is 0 Å². The highest BCUT2D eigenvalue weighted by Crippen LogP contribution is 2.19. The number of hydrogen-bond donors (Lipinski definition) is 1. The molecule has 1 aromatic rings.